The lowest BCUT2D eigenvalue weighted by atomic mass is 10.00. The number of rotatable bonds is 5. The summed E-state index contributed by atoms with van der Waals surface area (Å²) in [5, 5.41) is 6.94. The average molecular weight is 234 g/mol. The van der Waals surface area contributed by atoms with Gasteiger partial charge < -0.3 is 15.4 Å². The molecule has 0 saturated carbocycles. The van der Waals surface area contributed by atoms with E-state index in [-0.39, 0.29) is 0 Å². The quantitative estimate of drug-likeness (QED) is 0.820. The largest absolute Gasteiger partial charge is 0.385 e. The first-order valence-corrected chi connectivity index (χ1v) is 6.41. The molecule has 2 N–H and O–H groups in total. The SMILES string of the molecule is COCc1ccc(NCC2CCCNC2)cc1. The molecule has 1 aliphatic rings. The fraction of sp³-hybridized carbons (Fsp3) is 0.571. The maximum Gasteiger partial charge on any atom is 0.0713 e. The van der Waals surface area contributed by atoms with Crippen LogP contribution < -0.4 is 10.6 Å². The molecule has 17 heavy (non-hydrogen) atoms. The molecule has 1 fully saturated rings. The Hall–Kier alpha value is -1.06. The summed E-state index contributed by atoms with van der Waals surface area (Å²) in [5.41, 5.74) is 2.42. The van der Waals surface area contributed by atoms with Gasteiger partial charge in [-0.05, 0) is 49.5 Å². The van der Waals surface area contributed by atoms with Crippen molar-refractivity contribution in [3.05, 3.63) is 29.8 Å². The molecule has 1 aliphatic heterocycles. The number of methoxy groups -OCH3 is 1. The molecule has 1 aromatic carbocycles. The van der Waals surface area contributed by atoms with Gasteiger partial charge in [0.25, 0.3) is 0 Å². The number of benzene rings is 1. The van der Waals surface area contributed by atoms with Crippen molar-refractivity contribution in [1.82, 2.24) is 5.32 Å². The lowest BCUT2D eigenvalue weighted by Gasteiger charge is -2.23. The first-order chi connectivity index (χ1) is 8.38. The zero-order chi connectivity index (χ0) is 11.9. The molecule has 1 saturated heterocycles. The normalized spacial score (nSPS) is 20.2. The van der Waals surface area contributed by atoms with Crippen molar-refractivity contribution in [2.24, 2.45) is 5.92 Å². The van der Waals surface area contributed by atoms with E-state index in [1.165, 1.54) is 30.6 Å². The molecule has 94 valence electrons. The van der Waals surface area contributed by atoms with Crippen molar-refractivity contribution in [2.45, 2.75) is 19.4 Å². The molecule has 1 heterocycles. The third kappa shape index (κ3) is 4.02. The molecule has 0 radical (unpaired) electrons. The Morgan fingerprint density at radius 3 is 2.82 bits per heavy atom. The number of piperidine rings is 1. The summed E-state index contributed by atoms with van der Waals surface area (Å²) < 4.78 is 5.09. The Bertz CT molecular complexity index is 317. The van der Waals surface area contributed by atoms with Crippen LogP contribution in [0.15, 0.2) is 24.3 Å². The Morgan fingerprint density at radius 1 is 1.35 bits per heavy atom. The first kappa shape index (κ1) is 12.4. The van der Waals surface area contributed by atoms with Gasteiger partial charge in [0, 0.05) is 19.3 Å². The summed E-state index contributed by atoms with van der Waals surface area (Å²) in [4.78, 5) is 0. The maximum atomic E-state index is 5.09. The van der Waals surface area contributed by atoms with Crippen LogP contribution in [0.4, 0.5) is 5.69 Å². The Balaban J connectivity index is 1.77. The second-order valence-electron chi connectivity index (χ2n) is 4.72. The van der Waals surface area contributed by atoms with E-state index in [0.717, 1.165) is 19.0 Å². The molecule has 1 atom stereocenters. The highest BCUT2D eigenvalue weighted by atomic mass is 16.5. The topological polar surface area (TPSA) is 33.3 Å². The monoisotopic (exact) mass is 234 g/mol. The summed E-state index contributed by atoms with van der Waals surface area (Å²) >= 11 is 0. The van der Waals surface area contributed by atoms with Gasteiger partial charge in [0.2, 0.25) is 0 Å². The van der Waals surface area contributed by atoms with E-state index in [0.29, 0.717) is 6.61 Å². The minimum absolute atomic E-state index is 0.687. The van der Waals surface area contributed by atoms with Crippen LogP contribution in [0.5, 0.6) is 0 Å². The molecule has 1 unspecified atom stereocenters. The van der Waals surface area contributed by atoms with Crippen LogP contribution in [-0.2, 0) is 11.3 Å². The van der Waals surface area contributed by atoms with E-state index in [1.807, 2.05) is 0 Å². The van der Waals surface area contributed by atoms with Crippen molar-refractivity contribution in [2.75, 3.05) is 32.1 Å². The molecule has 1 aromatic rings. The Morgan fingerprint density at radius 2 is 2.18 bits per heavy atom. The van der Waals surface area contributed by atoms with Crippen molar-refractivity contribution in [1.29, 1.82) is 0 Å². The Kier molecular flexibility index (Phi) is 4.83. The number of hydrogen-bond donors (Lipinski definition) is 2. The summed E-state index contributed by atoms with van der Waals surface area (Å²) in [6.07, 6.45) is 2.64. The highest BCUT2D eigenvalue weighted by molar-refractivity contribution is 5.44. The van der Waals surface area contributed by atoms with E-state index in [2.05, 4.69) is 34.9 Å². The summed E-state index contributed by atoms with van der Waals surface area (Å²) in [6, 6.07) is 8.49. The molecule has 3 heteroatoms. The molecular weight excluding hydrogens is 212 g/mol. The number of ether oxygens (including phenoxy) is 1. The van der Waals surface area contributed by atoms with E-state index in [9.17, 15) is 0 Å². The highest BCUT2D eigenvalue weighted by Gasteiger charge is 2.11. The zero-order valence-electron chi connectivity index (χ0n) is 10.5. The fourth-order valence-electron chi connectivity index (χ4n) is 2.25. The summed E-state index contributed by atoms with van der Waals surface area (Å²) in [5.74, 6) is 0.766. The van der Waals surface area contributed by atoms with Gasteiger partial charge in [-0.3, -0.25) is 0 Å². The molecule has 0 spiro atoms. The van der Waals surface area contributed by atoms with Crippen LogP contribution >= 0.6 is 0 Å². The van der Waals surface area contributed by atoms with Crippen LogP contribution in [0.3, 0.4) is 0 Å². The van der Waals surface area contributed by atoms with Gasteiger partial charge in [-0.2, -0.15) is 0 Å². The van der Waals surface area contributed by atoms with Gasteiger partial charge in [0.15, 0.2) is 0 Å². The maximum absolute atomic E-state index is 5.09. The lowest BCUT2D eigenvalue weighted by Crippen LogP contribution is -2.33. The van der Waals surface area contributed by atoms with Gasteiger partial charge in [-0.1, -0.05) is 12.1 Å². The third-order valence-corrected chi connectivity index (χ3v) is 3.26. The van der Waals surface area contributed by atoms with E-state index in [1.54, 1.807) is 7.11 Å². The van der Waals surface area contributed by atoms with Crippen LogP contribution in [0.1, 0.15) is 18.4 Å². The van der Waals surface area contributed by atoms with Gasteiger partial charge in [-0.15, -0.1) is 0 Å². The minimum atomic E-state index is 0.687. The van der Waals surface area contributed by atoms with E-state index < -0.39 is 0 Å². The van der Waals surface area contributed by atoms with Gasteiger partial charge >= 0.3 is 0 Å². The second-order valence-corrected chi connectivity index (χ2v) is 4.72. The second kappa shape index (κ2) is 6.62. The highest BCUT2D eigenvalue weighted by Crippen LogP contribution is 2.14. The molecule has 0 bridgehead atoms. The van der Waals surface area contributed by atoms with Crippen LogP contribution in [0.2, 0.25) is 0 Å². The number of anilines is 1. The van der Waals surface area contributed by atoms with Gasteiger partial charge in [0.05, 0.1) is 6.61 Å². The third-order valence-electron chi connectivity index (χ3n) is 3.26. The van der Waals surface area contributed by atoms with Crippen LogP contribution in [-0.4, -0.2) is 26.7 Å². The van der Waals surface area contributed by atoms with Crippen molar-refractivity contribution in [3.8, 4) is 0 Å². The zero-order valence-corrected chi connectivity index (χ0v) is 10.5. The molecule has 3 nitrogen and oxygen atoms in total. The fourth-order valence-corrected chi connectivity index (χ4v) is 2.25. The molecule has 2 rings (SSSR count). The van der Waals surface area contributed by atoms with Crippen LogP contribution in [0.25, 0.3) is 0 Å². The van der Waals surface area contributed by atoms with E-state index in [4.69, 9.17) is 4.74 Å². The van der Waals surface area contributed by atoms with Gasteiger partial charge in [-0.25, -0.2) is 0 Å². The molecular formula is C14H22N2O. The number of nitrogens with one attached hydrogen (secondary N) is 2. The average Bonchev–Trinajstić information content (AvgIpc) is 2.40. The predicted molar refractivity (Wildman–Crippen MR) is 71.2 cm³/mol. The first-order valence-electron chi connectivity index (χ1n) is 6.41. The smallest absolute Gasteiger partial charge is 0.0713 e. The van der Waals surface area contributed by atoms with Crippen LogP contribution in [0, 0.1) is 5.92 Å². The standard InChI is InChI=1S/C14H22N2O/c1-17-11-12-4-6-14(7-5-12)16-10-13-3-2-8-15-9-13/h4-7,13,15-16H,2-3,8-11H2,1H3. The summed E-state index contributed by atoms with van der Waals surface area (Å²) in [7, 11) is 1.72. The lowest BCUT2D eigenvalue weighted by molar-refractivity contribution is 0.185. The van der Waals surface area contributed by atoms with Crippen molar-refractivity contribution < 1.29 is 4.74 Å². The Labute approximate surface area is 104 Å². The molecule has 0 aliphatic carbocycles. The van der Waals surface area contributed by atoms with Crippen molar-refractivity contribution >= 4 is 5.69 Å². The number of hydrogen-bond acceptors (Lipinski definition) is 3. The van der Waals surface area contributed by atoms with E-state index >= 15 is 0 Å². The van der Waals surface area contributed by atoms with Gasteiger partial charge in [0.1, 0.15) is 0 Å². The summed E-state index contributed by atoms with van der Waals surface area (Å²) in [6.45, 7) is 4.08. The van der Waals surface area contributed by atoms with Crippen molar-refractivity contribution in [3.63, 3.8) is 0 Å². The molecule has 0 aromatic heterocycles. The predicted octanol–water partition coefficient (Wildman–Crippen LogP) is 2.24. The molecule has 0 amide bonds. The minimum Gasteiger partial charge on any atom is -0.385 e.